The van der Waals surface area contributed by atoms with Gasteiger partial charge >= 0.3 is 0 Å². The predicted molar refractivity (Wildman–Crippen MR) is 74.5 cm³/mol. The van der Waals surface area contributed by atoms with E-state index in [2.05, 4.69) is 50.0 Å². The molecule has 0 radical (unpaired) electrons. The molecule has 0 spiro atoms. The fourth-order valence-corrected chi connectivity index (χ4v) is 2.11. The van der Waals surface area contributed by atoms with Crippen LogP contribution in [0.25, 0.3) is 11.3 Å². The highest BCUT2D eigenvalue weighted by molar-refractivity contribution is 5.67. The van der Waals surface area contributed by atoms with Crippen LogP contribution in [-0.2, 0) is 0 Å². The SMILES string of the molecule is Cc1ccc(C(C)C)cc1-c1cc(C#N)c(C)[nH]1. The number of nitrogens with zero attached hydrogens (tertiary/aromatic N) is 1. The van der Waals surface area contributed by atoms with Crippen LogP contribution in [0.15, 0.2) is 24.3 Å². The second kappa shape index (κ2) is 4.70. The molecule has 0 amide bonds. The maximum absolute atomic E-state index is 9.02. The van der Waals surface area contributed by atoms with Crippen molar-refractivity contribution in [3.05, 3.63) is 46.6 Å². The van der Waals surface area contributed by atoms with Gasteiger partial charge in [0.05, 0.1) is 5.56 Å². The van der Waals surface area contributed by atoms with Crippen molar-refractivity contribution in [2.24, 2.45) is 0 Å². The Balaban J connectivity index is 2.56. The molecule has 0 bridgehead atoms. The largest absolute Gasteiger partial charge is 0.358 e. The van der Waals surface area contributed by atoms with E-state index in [1.54, 1.807) is 0 Å². The summed E-state index contributed by atoms with van der Waals surface area (Å²) in [5.74, 6) is 0.510. The molecule has 18 heavy (non-hydrogen) atoms. The third-order valence-corrected chi connectivity index (χ3v) is 3.35. The van der Waals surface area contributed by atoms with Gasteiger partial charge in [-0.25, -0.2) is 0 Å². The van der Waals surface area contributed by atoms with Crippen LogP contribution in [0.3, 0.4) is 0 Å². The Morgan fingerprint density at radius 2 is 1.89 bits per heavy atom. The summed E-state index contributed by atoms with van der Waals surface area (Å²) in [6.45, 7) is 8.41. The van der Waals surface area contributed by atoms with E-state index in [1.165, 1.54) is 16.7 Å². The highest BCUT2D eigenvalue weighted by Gasteiger charge is 2.10. The third kappa shape index (κ3) is 2.17. The summed E-state index contributed by atoms with van der Waals surface area (Å²) in [7, 11) is 0. The van der Waals surface area contributed by atoms with Gasteiger partial charge in [-0.1, -0.05) is 26.0 Å². The zero-order chi connectivity index (χ0) is 13.3. The molecule has 0 saturated carbocycles. The molecule has 0 saturated heterocycles. The third-order valence-electron chi connectivity index (χ3n) is 3.35. The Bertz CT molecular complexity index is 613. The van der Waals surface area contributed by atoms with E-state index in [9.17, 15) is 0 Å². The highest BCUT2D eigenvalue weighted by atomic mass is 14.7. The smallest absolute Gasteiger partial charge is 0.101 e. The normalized spacial score (nSPS) is 10.7. The first-order chi connectivity index (χ1) is 8.52. The van der Waals surface area contributed by atoms with Gasteiger partial charge in [0, 0.05) is 17.0 Å². The van der Waals surface area contributed by atoms with Crippen LogP contribution in [0.1, 0.15) is 42.1 Å². The summed E-state index contributed by atoms with van der Waals surface area (Å²) < 4.78 is 0. The van der Waals surface area contributed by atoms with E-state index in [0.717, 1.165) is 17.0 Å². The van der Waals surface area contributed by atoms with E-state index in [-0.39, 0.29) is 0 Å². The number of H-pyrrole nitrogens is 1. The Morgan fingerprint density at radius 1 is 1.17 bits per heavy atom. The minimum Gasteiger partial charge on any atom is -0.358 e. The summed E-state index contributed by atoms with van der Waals surface area (Å²) in [5.41, 5.74) is 6.42. The molecule has 1 N–H and O–H groups in total. The van der Waals surface area contributed by atoms with Gasteiger partial charge in [0.2, 0.25) is 0 Å². The van der Waals surface area contributed by atoms with Crippen molar-refractivity contribution in [1.29, 1.82) is 5.26 Å². The summed E-state index contributed by atoms with van der Waals surface area (Å²) in [5, 5.41) is 9.02. The predicted octanol–water partition coefficient (Wildman–Crippen LogP) is 4.29. The van der Waals surface area contributed by atoms with E-state index in [0.29, 0.717) is 5.92 Å². The minimum atomic E-state index is 0.510. The molecule has 2 aromatic rings. The topological polar surface area (TPSA) is 39.6 Å². The summed E-state index contributed by atoms with van der Waals surface area (Å²) >= 11 is 0. The number of benzene rings is 1. The average molecular weight is 238 g/mol. The van der Waals surface area contributed by atoms with Crippen LogP contribution in [0, 0.1) is 25.2 Å². The van der Waals surface area contributed by atoms with Gasteiger partial charge in [0.1, 0.15) is 6.07 Å². The number of nitriles is 1. The first-order valence-electron chi connectivity index (χ1n) is 6.23. The van der Waals surface area contributed by atoms with Crippen LogP contribution < -0.4 is 0 Å². The lowest BCUT2D eigenvalue weighted by molar-refractivity contribution is 0.866. The maximum Gasteiger partial charge on any atom is 0.101 e. The maximum atomic E-state index is 9.02. The van der Waals surface area contributed by atoms with E-state index >= 15 is 0 Å². The molecule has 92 valence electrons. The zero-order valence-electron chi connectivity index (χ0n) is 11.3. The second-order valence-electron chi connectivity index (χ2n) is 5.06. The summed E-state index contributed by atoms with van der Waals surface area (Å²) in [6, 6.07) is 10.7. The quantitative estimate of drug-likeness (QED) is 0.832. The van der Waals surface area contributed by atoms with Crippen molar-refractivity contribution in [3.63, 3.8) is 0 Å². The van der Waals surface area contributed by atoms with Crippen molar-refractivity contribution in [2.45, 2.75) is 33.6 Å². The van der Waals surface area contributed by atoms with Gasteiger partial charge in [-0.3, -0.25) is 0 Å². The van der Waals surface area contributed by atoms with Crippen molar-refractivity contribution in [2.75, 3.05) is 0 Å². The standard InChI is InChI=1S/C16H18N2/c1-10(2)13-6-5-11(3)15(7-13)16-8-14(9-17)12(4)18-16/h5-8,10,18H,1-4H3. The molecule has 0 aliphatic heterocycles. The van der Waals surface area contributed by atoms with Crippen molar-refractivity contribution >= 4 is 0 Å². The van der Waals surface area contributed by atoms with Crippen LogP contribution >= 0.6 is 0 Å². The van der Waals surface area contributed by atoms with Gasteiger partial charge in [-0.15, -0.1) is 0 Å². The number of hydrogen-bond acceptors (Lipinski definition) is 1. The zero-order valence-corrected chi connectivity index (χ0v) is 11.3. The molecule has 2 rings (SSSR count). The highest BCUT2D eigenvalue weighted by Crippen LogP contribution is 2.28. The van der Waals surface area contributed by atoms with Crippen LogP contribution in [0.2, 0.25) is 0 Å². The van der Waals surface area contributed by atoms with Gasteiger partial charge in [-0.2, -0.15) is 5.26 Å². The number of hydrogen-bond donors (Lipinski definition) is 1. The monoisotopic (exact) mass is 238 g/mol. The number of nitrogens with one attached hydrogen (secondary N) is 1. The molecule has 0 aliphatic rings. The molecule has 2 nitrogen and oxygen atoms in total. The fraction of sp³-hybridized carbons (Fsp3) is 0.312. The van der Waals surface area contributed by atoms with Gasteiger partial charge in [-0.05, 0) is 43.0 Å². The van der Waals surface area contributed by atoms with Crippen molar-refractivity contribution in [1.82, 2.24) is 4.98 Å². The van der Waals surface area contributed by atoms with Crippen molar-refractivity contribution in [3.8, 4) is 17.3 Å². The fourth-order valence-electron chi connectivity index (χ4n) is 2.11. The minimum absolute atomic E-state index is 0.510. The van der Waals surface area contributed by atoms with E-state index in [4.69, 9.17) is 5.26 Å². The molecule has 0 atom stereocenters. The van der Waals surface area contributed by atoms with E-state index in [1.807, 2.05) is 13.0 Å². The lowest BCUT2D eigenvalue weighted by Crippen LogP contribution is -1.91. The second-order valence-corrected chi connectivity index (χ2v) is 5.06. The van der Waals surface area contributed by atoms with Crippen LogP contribution in [0.4, 0.5) is 0 Å². The number of aromatic nitrogens is 1. The summed E-state index contributed by atoms with van der Waals surface area (Å²) in [4.78, 5) is 3.30. The number of rotatable bonds is 2. The van der Waals surface area contributed by atoms with Crippen LogP contribution in [-0.4, -0.2) is 4.98 Å². The first kappa shape index (κ1) is 12.4. The van der Waals surface area contributed by atoms with E-state index < -0.39 is 0 Å². The Labute approximate surface area is 108 Å². The van der Waals surface area contributed by atoms with Crippen LogP contribution in [0.5, 0.6) is 0 Å². The van der Waals surface area contributed by atoms with Gasteiger partial charge in [0.25, 0.3) is 0 Å². The Hall–Kier alpha value is -2.01. The molecule has 2 heteroatoms. The summed E-state index contributed by atoms with van der Waals surface area (Å²) in [6.07, 6.45) is 0. The number of aryl methyl sites for hydroxylation is 2. The van der Waals surface area contributed by atoms with Gasteiger partial charge < -0.3 is 4.98 Å². The molecular weight excluding hydrogens is 220 g/mol. The molecule has 0 unspecified atom stereocenters. The molecule has 1 aromatic heterocycles. The van der Waals surface area contributed by atoms with Gasteiger partial charge in [0.15, 0.2) is 0 Å². The first-order valence-corrected chi connectivity index (χ1v) is 6.23. The average Bonchev–Trinajstić information content (AvgIpc) is 2.70. The molecule has 1 heterocycles. The Morgan fingerprint density at radius 3 is 2.44 bits per heavy atom. The van der Waals surface area contributed by atoms with Crippen molar-refractivity contribution < 1.29 is 0 Å². The molecular formula is C16H18N2. The molecule has 1 aromatic carbocycles. The molecule has 0 aliphatic carbocycles. The lowest BCUT2D eigenvalue weighted by atomic mass is 9.96. The molecule has 0 fully saturated rings. The lowest BCUT2D eigenvalue weighted by Gasteiger charge is -2.10. The Kier molecular flexibility index (Phi) is 3.25. The number of aromatic amines is 1.